The van der Waals surface area contributed by atoms with Crippen LogP contribution in [0.4, 0.5) is 0 Å². The highest BCUT2D eigenvalue weighted by Gasteiger charge is 2.20. The minimum Gasteiger partial charge on any atom is -0.482 e. The molecule has 3 aromatic rings. The second-order valence-corrected chi connectivity index (χ2v) is 8.55. The summed E-state index contributed by atoms with van der Waals surface area (Å²) in [6.07, 6.45) is -0.255. The Labute approximate surface area is 188 Å². The van der Waals surface area contributed by atoms with Crippen molar-refractivity contribution in [3.8, 4) is 5.75 Å². The number of rotatable bonds is 9. The number of hydrogen-bond donors (Lipinski definition) is 1. The molecule has 1 heterocycles. The topological polar surface area (TPSA) is 69.0 Å². The van der Waals surface area contributed by atoms with Gasteiger partial charge >= 0.3 is 0 Å². The molecule has 1 N–H and O–H groups in total. The molecule has 0 aliphatic carbocycles. The Bertz CT molecular complexity index is 1020. The van der Waals surface area contributed by atoms with E-state index in [2.05, 4.69) is 28.5 Å². The van der Waals surface area contributed by atoms with Crippen molar-refractivity contribution in [1.82, 2.24) is 20.1 Å². The van der Waals surface area contributed by atoms with Crippen molar-refractivity contribution in [2.45, 2.75) is 58.5 Å². The average molecular weight is 439 g/mol. The van der Waals surface area contributed by atoms with Gasteiger partial charge in [0.05, 0.1) is 11.8 Å². The van der Waals surface area contributed by atoms with Crippen molar-refractivity contribution in [1.29, 1.82) is 0 Å². The molecule has 2 unspecified atom stereocenters. The van der Waals surface area contributed by atoms with E-state index < -0.39 is 0 Å². The van der Waals surface area contributed by atoms with Crippen molar-refractivity contribution in [3.05, 3.63) is 71.0 Å². The molecule has 0 spiro atoms. The summed E-state index contributed by atoms with van der Waals surface area (Å²) in [5.41, 5.74) is 3.37. The fraction of sp³-hybridized carbons (Fsp3) is 0.375. The minimum absolute atomic E-state index is 0.0341. The van der Waals surface area contributed by atoms with Crippen LogP contribution in [0.15, 0.2) is 53.7 Å². The first-order chi connectivity index (χ1) is 14.9. The lowest BCUT2D eigenvalue weighted by atomic mass is 10.1. The Kier molecular flexibility index (Phi) is 7.74. The summed E-state index contributed by atoms with van der Waals surface area (Å²) in [7, 11) is 0. The van der Waals surface area contributed by atoms with Crippen molar-refractivity contribution < 1.29 is 9.53 Å². The summed E-state index contributed by atoms with van der Waals surface area (Å²) in [6, 6.07) is 16.0. The predicted molar refractivity (Wildman–Crippen MR) is 124 cm³/mol. The van der Waals surface area contributed by atoms with Crippen molar-refractivity contribution in [2.75, 3.05) is 5.75 Å². The zero-order valence-electron chi connectivity index (χ0n) is 18.8. The van der Waals surface area contributed by atoms with Gasteiger partial charge in [-0.25, -0.2) is 0 Å². The fourth-order valence-electron chi connectivity index (χ4n) is 3.42. The number of amides is 1. The molecule has 0 aliphatic rings. The molecular weight excluding hydrogens is 408 g/mol. The first-order valence-corrected chi connectivity index (χ1v) is 11.5. The van der Waals surface area contributed by atoms with Crippen LogP contribution in [0.2, 0.25) is 0 Å². The van der Waals surface area contributed by atoms with Gasteiger partial charge in [0, 0.05) is 6.54 Å². The van der Waals surface area contributed by atoms with Gasteiger partial charge in [-0.05, 0) is 51.8 Å². The maximum atomic E-state index is 12.4. The second-order valence-electron chi connectivity index (χ2n) is 7.60. The molecule has 3 rings (SSSR count). The molecule has 0 saturated heterocycles. The Morgan fingerprint density at radius 2 is 1.87 bits per heavy atom. The molecule has 164 valence electrons. The number of nitrogens with zero attached hydrogens (tertiary/aromatic N) is 3. The first kappa shape index (κ1) is 22.9. The summed E-state index contributed by atoms with van der Waals surface area (Å²) >= 11 is 1.39. The average Bonchev–Trinajstić information content (AvgIpc) is 3.18. The SMILES string of the molecule is CCn1c(SCC(=O)NC(C)c2ccccc2)nnc1C(C)Oc1ccc(C)cc1C. The van der Waals surface area contributed by atoms with E-state index in [0.717, 1.165) is 27.9 Å². The number of aromatic nitrogens is 3. The third-order valence-electron chi connectivity index (χ3n) is 5.07. The lowest BCUT2D eigenvalue weighted by molar-refractivity contribution is -0.119. The van der Waals surface area contributed by atoms with E-state index >= 15 is 0 Å². The quantitative estimate of drug-likeness (QED) is 0.475. The van der Waals surface area contributed by atoms with Crippen molar-refractivity contribution in [3.63, 3.8) is 0 Å². The van der Waals surface area contributed by atoms with Gasteiger partial charge in [0.2, 0.25) is 5.91 Å². The predicted octanol–water partition coefficient (Wildman–Crippen LogP) is 5.02. The number of carbonyl (C=O) groups excluding carboxylic acids is 1. The van der Waals surface area contributed by atoms with Crippen LogP contribution >= 0.6 is 11.8 Å². The molecule has 31 heavy (non-hydrogen) atoms. The Morgan fingerprint density at radius 3 is 2.55 bits per heavy atom. The zero-order valence-corrected chi connectivity index (χ0v) is 19.6. The van der Waals surface area contributed by atoms with Crippen molar-refractivity contribution in [2.24, 2.45) is 0 Å². The summed E-state index contributed by atoms with van der Waals surface area (Å²) in [4.78, 5) is 12.4. The maximum absolute atomic E-state index is 12.4. The number of thioether (sulfide) groups is 1. The van der Waals surface area contributed by atoms with Gasteiger partial charge in [0.25, 0.3) is 0 Å². The summed E-state index contributed by atoms with van der Waals surface area (Å²) in [6.45, 7) is 10.8. The van der Waals surface area contributed by atoms with Crippen molar-refractivity contribution >= 4 is 17.7 Å². The molecule has 0 radical (unpaired) electrons. The summed E-state index contributed by atoms with van der Waals surface area (Å²) in [5, 5.41) is 12.4. The monoisotopic (exact) mass is 438 g/mol. The molecule has 7 heteroatoms. The highest BCUT2D eigenvalue weighted by Crippen LogP contribution is 2.27. The third-order valence-corrected chi connectivity index (χ3v) is 6.04. The molecule has 6 nitrogen and oxygen atoms in total. The van der Waals surface area contributed by atoms with Crippen LogP contribution in [0.1, 0.15) is 55.4 Å². The van der Waals surface area contributed by atoms with Gasteiger partial charge in [-0.1, -0.05) is 59.8 Å². The lowest BCUT2D eigenvalue weighted by Gasteiger charge is -2.17. The molecule has 0 bridgehead atoms. The molecular formula is C24H30N4O2S. The summed E-state index contributed by atoms with van der Waals surface area (Å²) in [5.74, 6) is 1.84. The minimum atomic E-state index is -0.255. The van der Waals surface area contributed by atoms with Gasteiger partial charge in [0.1, 0.15) is 5.75 Å². The van der Waals surface area contributed by atoms with Crippen LogP contribution < -0.4 is 10.1 Å². The van der Waals surface area contributed by atoms with E-state index in [4.69, 9.17) is 4.74 Å². The molecule has 0 saturated carbocycles. The normalized spacial score (nSPS) is 12.9. The Hall–Kier alpha value is -2.80. The molecule has 1 amide bonds. The van der Waals surface area contributed by atoms with Crippen LogP contribution in [0.25, 0.3) is 0 Å². The molecule has 0 fully saturated rings. The van der Waals surface area contributed by atoms with E-state index in [-0.39, 0.29) is 23.8 Å². The van der Waals surface area contributed by atoms with Gasteiger partial charge in [-0.15, -0.1) is 10.2 Å². The summed E-state index contributed by atoms with van der Waals surface area (Å²) < 4.78 is 8.16. The Balaban J connectivity index is 1.62. The van der Waals surface area contributed by atoms with Gasteiger partial charge in [-0.2, -0.15) is 0 Å². The van der Waals surface area contributed by atoms with Crippen LogP contribution in [0.3, 0.4) is 0 Å². The number of nitrogens with one attached hydrogen (secondary N) is 1. The molecule has 1 aromatic heterocycles. The third kappa shape index (κ3) is 5.88. The zero-order chi connectivity index (χ0) is 22.4. The lowest BCUT2D eigenvalue weighted by Crippen LogP contribution is -2.28. The smallest absolute Gasteiger partial charge is 0.230 e. The number of benzene rings is 2. The fourth-order valence-corrected chi connectivity index (χ4v) is 4.24. The number of ether oxygens (including phenoxy) is 1. The molecule has 0 aliphatic heterocycles. The van der Waals surface area contributed by atoms with E-state index in [9.17, 15) is 4.79 Å². The van der Waals surface area contributed by atoms with Crippen LogP contribution in [0, 0.1) is 13.8 Å². The molecule has 2 aromatic carbocycles. The van der Waals surface area contributed by atoms with Crippen LogP contribution in [-0.4, -0.2) is 26.4 Å². The van der Waals surface area contributed by atoms with Gasteiger partial charge in [0.15, 0.2) is 17.1 Å². The number of hydrogen-bond acceptors (Lipinski definition) is 5. The van der Waals surface area contributed by atoms with Crippen LogP contribution in [0.5, 0.6) is 5.75 Å². The van der Waals surface area contributed by atoms with Gasteiger partial charge < -0.3 is 14.6 Å². The Morgan fingerprint density at radius 1 is 1.13 bits per heavy atom. The van der Waals surface area contributed by atoms with E-state index in [1.54, 1.807) is 0 Å². The van der Waals surface area contributed by atoms with Crippen LogP contribution in [-0.2, 0) is 11.3 Å². The first-order valence-electron chi connectivity index (χ1n) is 10.5. The number of carbonyl (C=O) groups is 1. The van der Waals surface area contributed by atoms with E-state index in [1.165, 1.54) is 17.3 Å². The number of aryl methyl sites for hydroxylation is 2. The van der Waals surface area contributed by atoms with E-state index in [1.807, 2.05) is 74.7 Å². The largest absolute Gasteiger partial charge is 0.482 e. The van der Waals surface area contributed by atoms with E-state index in [0.29, 0.717) is 6.54 Å². The molecule has 2 atom stereocenters. The second kappa shape index (κ2) is 10.5. The highest BCUT2D eigenvalue weighted by atomic mass is 32.2. The highest BCUT2D eigenvalue weighted by molar-refractivity contribution is 7.99. The maximum Gasteiger partial charge on any atom is 0.230 e. The standard InChI is InChI=1S/C24H30N4O2S/c1-6-28-23(19(5)30-21-13-12-16(2)14-17(21)3)26-27-24(28)31-15-22(29)25-18(4)20-10-8-7-9-11-20/h7-14,18-19H,6,15H2,1-5H3,(H,25,29). The van der Waals surface area contributed by atoms with Gasteiger partial charge in [-0.3, -0.25) is 4.79 Å².